The van der Waals surface area contributed by atoms with E-state index < -0.39 is 0 Å². The Labute approximate surface area is 122 Å². The largest absolute Gasteiger partial charge is 0.489 e. The molecular weight excluding hydrogens is 393 g/mol. The predicted molar refractivity (Wildman–Crippen MR) is 82.0 cm³/mol. The Morgan fingerprint density at radius 2 is 2.00 bits per heavy atom. The van der Waals surface area contributed by atoms with Crippen molar-refractivity contribution < 1.29 is 4.74 Å². The summed E-state index contributed by atoms with van der Waals surface area (Å²) in [4.78, 5) is 0. The summed E-state index contributed by atoms with van der Waals surface area (Å²) in [5, 5.41) is 0. The van der Waals surface area contributed by atoms with Gasteiger partial charge < -0.3 is 10.5 Å². The van der Waals surface area contributed by atoms with E-state index >= 15 is 0 Å². The minimum atomic E-state index is 0.529. The van der Waals surface area contributed by atoms with Gasteiger partial charge in [-0.05, 0) is 52.9 Å². The van der Waals surface area contributed by atoms with Gasteiger partial charge in [0.1, 0.15) is 12.4 Å². The molecule has 0 fully saturated rings. The van der Waals surface area contributed by atoms with Crippen LogP contribution in [0.2, 0.25) is 0 Å². The minimum absolute atomic E-state index is 0.529. The highest BCUT2D eigenvalue weighted by atomic mass is 127. The van der Waals surface area contributed by atoms with E-state index in [2.05, 4.69) is 38.5 Å². The van der Waals surface area contributed by atoms with E-state index in [1.54, 1.807) is 0 Å². The van der Waals surface area contributed by atoms with E-state index in [9.17, 15) is 0 Å². The molecule has 0 bridgehead atoms. The fraction of sp³-hybridized carbons (Fsp3) is 0.0769. The first kappa shape index (κ1) is 12.7. The smallest absolute Gasteiger partial charge is 0.120 e. The second kappa shape index (κ2) is 5.73. The third kappa shape index (κ3) is 3.61. The van der Waals surface area contributed by atoms with Crippen molar-refractivity contribution in [3.63, 3.8) is 0 Å². The molecule has 0 aliphatic rings. The second-order valence-electron chi connectivity index (χ2n) is 3.60. The lowest BCUT2D eigenvalue weighted by molar-refractivity contribution is 0.305. The first-order valence-electron chi connectivity index (χ1n) is 5.07. The molecule has 88 valence electrons. The third-order valence-electron chi connectivity index (χ3n) is 2.27. The van der Waals surface area contributed by atoms with Crippen molar-refractivity contribution in [3.05, 3.63) is 56.1 Å². The fourth-order valence-corrected chi connectivity index (χ4v) is 2.42. The Hall–Kier alpha value is -0.750. The Morgan fingerprint density at radius 3 is 2.71 bits per heavy atom. The summed E-state index contributed by atoms with van der Waals surface area (Å²) in [5.74, 6) is 0.876. The fourth-order valence-electron chi connectivity index (χ4n) is 1.40. The van der Waals surface area contributed by atoms with E-state index in [0.29, 0.717) is 6.61 Å². The quantitative estimate of drug-likeness (QED) is 0.615. The summed E-state index contributed by atoms with van der Waals surface area (Å²) >= 11 is 5.74. The molecule has 0 radical (unpaired) electrons. The number of halogens is 2. The normalized spacial score (nSPS) is 10.2. The highest BCUT2D eigenvalue weighted by Crippen LogP contribution is 2.22. The molecule has 2 aromatic rings. The van der Waals surface area contributed by atoms with E-state index in [1.807, 2.05) is 42.5 Å². The average molecular weight is 404 g/mol. The standard InChI is InChI=1S/C13H11BrINO/c14-13-7-11(16)5-4-9(13)8-17-12-3-1-2-10(15)6-12/h1-7H,8,16H2. The molecule has 0 aliphatic heterocycles. The van der Waals surface area contributed by atoms with Crippen molar-refractivity contribution in [1.82, 2.24) is 0 Å². The summed E-state index contributed by atoms with van der Waals surface area (Å²) in [6.45, 7) is 0.529. The van der Waals surface area contributed by atoms with Crippen molar-refractivity contribution in [2.75, 3.05) is 5.73 Å². The monoisotopic (exact) mass is 403 g/mol. The molecule has 0 saturated heterocycles. The van der Waals surface area contributed by atoms with Crippen molar-refractivity contribution in [3.8, 4) is 5.75 Å². The molecule has 0 spiro atoms. The third-order valence-corrected chi connectivity index (χ3v) is 3.68. The van der Waals surface area contributed by atoms with Crippen molar-refractivity contribution in [1.29, 1.82) is 0 Å². The van der Waals surface area contributed by atoms with Crippen molar-refractivity contribution >= 4 is 44.2 Å². The number of benzene rings is 2. The number of nitrogen functional groups attached to an aromatic ring is 1. The minimum Gasteiger partial charge on any atom is -0.489 e. The molecule has 0 amide bonds. The van der Waals surface area contributed by atoms with Gasteiger partial charge in [-0.15, -0.1) is 0 Å². The lowest BCUT2D eigenvalue weighted by atomic mass is 10.2. The van der Waals surface area contributed by atoms with Gasteiger partial charge in [0.15, 0.2) is 0 Å². The van der Waals surface area contributed by atoms with Crippen LogP contribution in [0.15, 0.2) is 46.9 Å². The summed E-state index contributed by atoms with van der Waals surface area (Å²) in [5.41, 5.74) is 7.51. The van der Waals surface area contributed by atoms with Gasteiger partial charge in [0.25, 0.3) is 0 Å². The van der Waals surface area contributed by atoms with Crippen LogP contribution in [0.4, 0.5) is 5.69 Å². The Morgan fingerprint density at radius 1 is 1.18 bits per heavy atom. The molecule has 2 rings (SSSR count). The van der Waals surface area contributed by atoms with Gasteiger partial charge in [-0.2, -0.15) is 0 Å². The highest BCUT2D eigenvalue weighted by molar-refractivity contribution is 14.1. The van der Waals surface area contributed by atoms with E-state index in [0.717, 1.165) is 25.0 Å². The van der Waals surface area contributed by atoms with Gasteiger partial charge in [-0.25, -0.2) is 0 Å². The zero-order valence-corrected chi connectivity index (χ0v) is 12.7. The van der Waals surface area contributed by atoms with Gasteiger partial charge in [0.05, 0.1) is 0 Å². The lowest BCUT2D eigenvalue weighted by Gasteiger charge is -2.08. The van der Waals surface area contributed by atoms with Gasteiger partial charge in [-0.3, -0.25) is 0 Å². The maximum absolute atomic E-state index is 5.72. The van der Waals surface area contributed by atoms with E-state index in [1.165, 1.54) is 0 Å². The summed E-state index contributed by atoms with van der Waals surface area (Å²) in [6.07, 6.45) is 0. The molecule has 17 heavy (non-hydrogen) atoms. The predicted octanol–water partition coefficient (Wildman–Crippen LogP) is 4.21. The van der Waals surface area contributed by atoms with Crippen LogP contribution in [0.25, 0.3) is 0 Å². The molecular formula is C13H11BrINO. The average Bonchev–Trinajstić information content (AvgIpc) is 2.28. The molecule has 4 heteroatoms. The van der Waals surface area contributed by atoms with Crippen LogP contribution < -0.4 is 10.5 Å². The molecule has 0 aromatic heterocycles. The SMILES string of the molecule is Nc1ccc(COc2cccc(I)c2)c(Br)c1. The number of ether oxygens (including phenoxy) is 1. The molecule has 0 unspecified atom stereocenters. The van der Waals surface area contributed by atoms with Crippen LogP contribution in [0, 0.1) is 3.57 Å². The summed E-state index contributed by atoms with van der Waals surface area (Å²) < 4.78 is 7.86. The molecule has 2 aromatic carbocycles. The lowest BCUT2D eigenvalue weighted by Crippen LogP contribution is -1.97. The van der Waals surface area contributed by atoms with E-state index in [-0.39, 0.29) is 0 Å². The number of hydrogen-bond donors (Lipinski definition) is 1. The number of anilines is 1. The topological polar surface area (TPSA) is 35.2 Å². The van der Waals surface area contributed by atoms with Crippen LogP contribution in [-0.4, -0.2) is 0 Å². The zero-order chi connectivity index (χ0) is 12.3. The summed E-state index contributed by atoms with van der Waals surface area (Å²) in [6, 6.07) is 13.7. The molecule has 2 nitrogen and oxygen atoms in total. The zero-order valence-electron chi connectivity index (χ0n) is 8.99. The number of rotatable bonds is 3. The van der Waals surface area contributed by atoms with Gasteiger partial charge >= 0.3 is 0 Å². The molecule has 0 atom stereocenters. The Kier molecular flexibility index (Phi) is 4.28. The van der Waals surface area contributed by atoms with Gasteiger partial charge in [0.2, 0.25) is 0 Å². The highest BCUT2D eigenvalue weighted by Gasteiger charge is 2.02. The molecule has 0 aliphatic carbocycles. The van der Waals surface area contributed by atoms with Gasteiger partial charge in [0, 0.05) is 19.3 Å². The maximum Gasteiger partial charge on any atom is 0.120 e. The maximum atomic E-state index is 5.72. The Balaban J connectivity index is 2.07. The summed E-state index contributed by atoms with van der Waals surface area (Å²) in [7, 11) is 0. The van der Waals surface area contributed by atoms with Crippen molar-refractivity contribution in [2.45, 2.75) is 6.61 Å². The van der Waals surface area contributed by atoms with Crippen molar-refractivity contribution in [2.24, 2.45) is 0 Å². The first-order chi connectivity index (χ1) is 8.15. The van der Waals surface area contributed by atoms with Crippen LogP contribution in [0.1, 0.15) is 5.56 Å². The first-order valence-corrected chi connectivity index (χ1v) is 6.94. The second-order valence-corrected chi connectivity index (χ2v) is 5.70. The Bertz CT molecular complexity index is 531. The number of hydrogen-bond acceptors (Lipinski definition) is 2. The van der Waals surface area contributed by atoms with E-state index in [4.69, 9.17) is 10.5 Å². The van der Waals surface area contributed by atoms with Crippen LogP contribution >= 0.6 is 38.5 Å². The van der Waals surface area contributed by atoms with Gasteiger partial charge in [-0.1, -0.05) is 28.1 Å². The number of nitrogens with two attached hydrogens (primary N) is 1. The molecule has 2 N–H and O–H groups in total. The van der Waals surface area contributed by atoms with Crippen LogP contribution in [0.3, 0.4) is 0 Å². The molecule has 0 saturated carbocycles. The van der Waals surface area contributed by atoms with Crippen LogP contribution in [-0.2, 0) is 6.61 Å². The van der Waals surface area contributed by atoms with Crippen LogP contribution in [0.5, 0.6) is 5.75 Å². The molecule has 0 heterocycles.